The Hall–Kier alpha value is -3.09. The lowest BCUT2D eigenvalue weighted by atomic mass is 10.0. The molecule has 2 N–H and O–H groups in total. The number of Topliss-reactive ketones (excluding diaryl/α,β-unsaturated/α-hetero) is 1. The van der Waals surface area contributed by atoms with Crippen molar-refractivity contribution < 1.29 is 23.8 Å². The lowest BCUT2D eigenvalue weighted by Crippen LogP contribution is -2.30. The summed E-state index contributed by atoms with van der Waals surface area (Å²) in [7, 11) is 2.77. The molecule has 0 saturated heterocycles. The Kier molecular flexibility index (Phi) is 7.15. The SMILES string of the molecule is CCCCCCc1cc(C(=O)CN2Cc3cc(OC)c(OC)c(F)c3C2=N)ccc1O. The highest BCUT2D eigenvalue weighted by atomic mass is 19.1. The number of nitrogens with one attached hydrogen (secondary N) is 1. The van der Waals surface area contributed by atoms with Crippen LogP contribution in [0, 0.1) is 11.2 Å². The van der Waals surface area contributed by atoms with Gasteiger partial charge in [0.1, 0.15) is 11.6 Å². The molecule has 0 atom stereocenters. The van der Waals surface area contributed by atoms with E-state index in [1.165, 1.54) is 19.1 Å². The van der Waals surface area contributed by atoms with Crippen LogP contribution >= 0.6 is 0 Å². The first-order valence-corrected chi connectivity index (χ1v) is 10.5. The number of phenolic OH excluding ortho intramolecular Hbond substituents is 1. The largest absolute Gasteiger partial charge is 0.508 e. The summed E-state index contributed by atoms with van der Waals surface area (Å²) in [5, 5.41) is 18.5. The number of ether oxygens (including phenoxy) is 2. The van der Waals surface area contributed by atoms with E-state index in [0.717, 1.165) is 31.2 Å². The first-order chi connectivity index (χ1) is 14.9. The molecule has 0 fully saturated rings. The first kappa shape index (κ1) is 22.6. The smallest absolute Gasteiger partial charge is 0.197 e. The maximum absolute atomic E-state index is 14.9. The molecule has 0 aliphatic carbocycles. The number of hydrogen-bond acceptors (Lipinski definition) is 5. The Balaban J connectivity index is 1.75. The number of hydrogen-bond donors (Lipinski definition) is 2. The number of fused-ring (bicyclic) bond motifs is 1. The van der Waals surface area contributed by atoms with Gasteiger partial charge in [-0.05, 0) is 48.2 Å². The van der Waals surface area contributed by atoms with E-state index in [1.54, 1.807) is 24.3 Å². The van der Waals surface area contributed by atoms with Crippen LogP contribution in [0.1, 0.15) is 59.7 Å². The van der Waals surface area contributed by atoms with Crippen molar-refractivity contribution in [3.05, 3.63) is 52.3 Å². The summed E-state index contributed by atoms with van der Waals surface area (Å²) < 4.78 is 25.2. The molecule has 7 heteroatoms. The standard InChI is InChI=1S/C24H29FN2O4/c1-4-5-6-7-8-15-11-16(9-10-18(15)28)19(29)14-27-13-17-12-20(30-2)23(31-3)22(25)21(17)24(27)26/h9-12,26,28H,4-8,13-14H2,1-3H3. The molecule has 1 aliphatic heterocycles. The Morgan fingerprint density at radius 3 is 2.65 bits per heavy atom. The van der Waals surface area contributed by atoms with Crippen LogP contribution in [0.3, 0.4) is 0 Å². The van der Waals surface area contributed by atoms with Crippen molar-refractivity contribution in [2.24, 2.45) is 0 Å². The van der Waals surface area contributed by atoms with Gasteiger partial charge >= 0.3 is 0 Å². The number of ketones is 1. The minimum absolute atomic E-state index is 0.0505. The Bertz CT molecular complexity index is 990. The number of benzene rings is 2. The van der Waals surface area contributed by atoms with Crippen molar-refractivity contribution in [1.82, 2.24) is 4.90 Å². The zero-order chi connectivity index (χ0) is 22.5. The number of rotatable bonds is 10. The van der Waals surface area contributed by atoms with Crippen molar-refractivity contribution in [3.63, 3.8) is 0 Å². The van der Waals surface area contributed by atoms with E-state index in [1.807, 2.05) is 0 Å². The molecular weight excluding hydrogens is 399 g/mol. The number of nitrogens with zero attached hydrogens (tertiary/aromatic N) is 1. The molecule has 0 radical (unpaired) electrons. The van der Waals surface area contributed by atoms with Gasteiger partial charge in [-0.3, -0.25) is 10.2 Å². The van der Waals surface area contributed by atoms with Gasteiger partial charge in [0.15, 0.2) is 23.1 Å². The van der Waals surface area contributed by atoms with Crippen molar-refractivity contribution in [1.29, 1.82) is 5.41 Å². The third-order valence-electron chi connectivity index (χ3n) is 5.64. The maximum atomic E-state index is 14.9. The van der Waals surface area contributed by atoms with Crippen LogP contribution in [0.4, 0.5) is 4.39 Å². The number of carbonyl (C=O) groups excluding carboxylic acids is 1. The van der Waals surface area contributed by atoms with Crippen molar-refractivity contribution in [2.45, 2.75) is 45.6 Å². The van der Waals surface area contributed by atoms with Crippen molar-refractivity contribution in [2.75, 3.05) is 20.8 Å². The molecule has 1 aliphatic rings. The number of aromatic hydroxyl groups is 1. The summed E-state index contributed by atoms with van der Waals surface area (Å²) in [6, 6.07) is 6.50. The summed E-state index contributed by atoms with van der Waals surface area (Å²) >= 11 is 0. The molecule has 0 spiro atoms. The van der Waals surface area contributed by atoms with E-state index in [9.17, 15) is 14.3 Å². The van der Waals surface area contributed by atoms with Gasteiger partial charge in [-0.2, -0.15) is 0 Å². The number of amidine groups is 1. The molecule has 0 saturated carbocycles. The van der Waals surface area contributed by atoms with Gasteiger partial charge < -0.3 is 19.5 Å². The Labute approximate surface area is 182 Å². The molecule has 0 amide bonds. The van der Waals surface area contributed by atoms with Crippen LogP contribution in [0.25, 0.3) is 0 Å². The lowest BCUT2D eigenvalue weighted by molar-refractivity contribution is 0.0962. The highest BCUT2D eigenvalue weighted by Crippen LogP contribution is 2.38. The number of halogens is 1. The summed E-state index contributed by atoms with van der Waals surface area (Å²) in [6.45, 7) is 2.32. The van der Waals surface area contributed by atoms with E-state index >= 15 is 0 Å². The van der Waals surface area contributed by atoms with E-state index in [-0.39, 0.29) is 47.5 Å². The van der Waals surface area contributed by atoms with Crippen LogP contribution in [0.2, 0.25) is 0 Å². The number of unbranched alkanes of at least 4 members (excludes halogenated alkanes) is 3. The predicted molar refractivity (Wildman–Crippen MR) is 117 cm³/mol. The fraction of sp³-hybridized carbons (Fsp3) is 0.417. The van der Waals surface area contributed by atoms with Crippen LogP contribution < -0.4 is 9.47 Å². The van der Waals surface area contributed by atoms with Gasteiger partial charge in [0.2, 0.25) is 0 Å². The van der Waals surface area contributed by atoms with E-state index in [4.69, 9.17) is 14.9 Å². The van der Waals surface area contributed by atoms with Crippen LogP contribution in [-0.4, -0.2) is 42.4 Å². The molecule has 1 heterocycles. The predicted octanol–water partition coefficient (Wildman–Crippen LogP) is 4.70. The Morgan fingerprint density at radius 2 is 1.97 bits per heavy atom. The lowest BCUT2D eigenvalue weighted by Gasteiger charge is -2.17. The number of methoxy groups -OCH3 is 2. The van der Waals surface area contributed by atoms with Gasteiger partial charge in [0, 0.05) is 12.1 Å². The molecule has 2 aromatic carbocycles. The number of aryl methyl sites for hydroxylation is 1. The van der Waals surface area contributed by atoms with Gasteiger partial charge in [-0.1, -0.05) is 26.2 Å². The zero-order valence-corrected chi connectivity index (χ0v) is 18.3. The monoisotopic (exact) mass is 428 g/mol. The van der Waals surface area contributed by atoms with Crippen LogP contribution in [0.5, 0.6) is 17.2 Å². The Morgan fingerprint density at radius 1 is 1.19 bits per heavy atom. The minimum atomic E-state index is -0.657. The topological polar surface area (TPSA) is 82.9 Å². The van der Waals surface area contributed by atoms with Crippen LogP contribution in [0.15, 0.2) is 24.3 Å². The third-order valence-corrected chi connectivity index (χ3v) is 5.64. The van der Waals surface area contributed by atoms with Gasteiger partial charge in [-0.15, -0.1) is 0 Å². The van der Waals surface area contributed by atoms with Crippen LogP contribution in [-0.2, 0) is 13.0 Å². The molecular formula is C24H29FN2O4. The second kappa shape index (κ2) is 9.81. The first-order valence-electron chi connectivity index (χ1n) is 10.5. The average molecular weight is 429 g/mol. The normalized spacial score (nSPS) is 12.8. The summed E-state index contributed by atoms with van der Waals surface area (Å²) in [5.41, 5.74) is 1.94. The summed E-state index contributed by atoms with van der Waals surface area (Å²) in [4.78, 5) is 14.4. The van der Waals surface area contributed by atoms with Crippen molar-refractivity contribution in [3.8, 4) is 17.2 Å². The second-order valence-corrected chi connectivity index (χ2v) is 7.74. The number of carbonyl (C=O) groups is 1. The quantitative estimate of drug-likeness (QED) is 0.424. The maximum Gasteiger partial charge on any atom is 0.197 e. The second-order valence-electron chi connectivity index (χ2n) is 7.74. The van der Waals surface area contributed by atoms with Crippen molar-refractivity contribution >= 4 is 11.6 Å². The molecule has 0 bridgehead atoms. The van der Waals surface area contributed by atoms with E-state index < -0.39 is 5.82 Å². The third kappa shape index (κ3) is 4.65. The molecule has 0 aromatic heterocycles. The molecule has 31 heavy (non-hydrogen) atoms. The summed E-state index contributed by atoms with van der Waals surface area (Å²) in [6.07, 6.45) is 5.02. The summed E-state index contributed by atoms with van der Waals surface area (Å²) in [5.74, 6) is -0.505. The molecule has 2 aromatic rings. The van der Waals surface area contributed by atoms with E-state index in [0.29, 0.717) is 17.5 Å². The molecule has 6 nitrogen and oxygen atoms in total. The van der Waals surface area contributed by atoms with Gasteiger partial charge in [0.05, 0.1) is 26.3 Å². The van der Waals surface area contributed by atoms with Gasteiger partial charge in [-0.25, -0.2) is 4.39 Å². The van der Waals surface area contributed by atoms with Gasteiger partial charge in [0.25, 0.3) is 0 Å². The molecule has 3 rings (SSSR count). The molecule has 166 valence electrons. The molecule has 0 unspecified atom stereocenters. The highest BCUT2D eigenvalue weighted by Gasteiger charge is 2.32. The fourth-order valence-electron chi connectivity index (χ4n) is 3.92. The highest BCUT2D eigenvalue weighted by molar-refractivity contribution is 6.05. The van der Waals surface area contributed by atoms with E-state index in [2.05, 4.69) is 6.92 Å². The average Bonchev–Trinajstić information content (AvgIpc) is 3.07. The number of phenols is 1. The zero-order valence-electron chi connectivity index (χ0n) is 18.3. The minimum Gasteiger partial charge on any atom is -0.508 e. The fourth-order valence-corrected chi connectivity index (χ4v) is 3.92.